The van der Waals surface area contributed by atoms with Gasteiger partial charge >= 0.3 is 0 Å². The van der Waals surface area contributed by atoms with Crippen LogP contribution in [0.1, 0.15) is 29.7 Å². The van der Waals surface area contributed by atoms with Gasteiger partial charge in [0.15, 0.2) is 0 Å². The van der Waals surface area contributed by atoms with Crippen LogP contribution in [0, 0.1) is 0 Å². The molecule has 1 saturated carbocycles. The molecule has 1 aliphatic carbocycles. The molecule has 0 unspecified atom stereocenters. The summed E-state index contributed by atoms with van der Waals surface area (Å²) in [7, 11) is 5.55. The van der Waals surface area contributed by atoms with E-state index in [1.54, 1.807) is 38.1 Å². The summed E-state index contributed by atoms with van der Waals surface area (Å²) in [5.74, 6) is 1.79. The van der Waals surface area contributed by atoms with Gasteiger partial charge in [0, 0.05) is 49.4 Å². The number of benzene rings is 1. The van der Waals surface area contributed by atoms with Crippen LogP contribution in [0.2, 0.25) is 0 Å². The summed E-state index contributed by atoms with van der Waals surface area (Å²) in [5.41, 5.74) is 3.48. The second-order valence-electron chi connectivity index (χ2n) is 9.03. The Morgan fingerprint density at radius 1 is 1.06 bits per heavy atom. The smallest absolute Gasteiger partial charge is 0.140 e. The quantitative estimate of drug-likeness (QED) is 0.352. The molecule has 3 heterocycles. The molecule has 0 radical (unpaired) electrons. The maximum absolute atomic E-state index is 5.31. The molecule has 1 aliphatic rings. The highest BCUT2D eigenvalue weighted by molar-refractivity contribution is 7.18. The minimum absolute atomic E-state index is 0.458. The third kappa shape index (κ3) is 5.29. The number of hydrogen-bond donors (Lipinski definition) is 1. The van der Waals surface area contributed by atoms with E-state index >= 15 is 0 Å². The number of nitrogens with one attached hydrogen (secondary N) is 1. The maximum Gasteiger partial charge on any atom is 0.140 e. The molecule has 2 atom stereocenters. The lowest BCUT2D eigenvalue weighted by Crippen LogP contribution is -2.33. The topological polar surface area (TPSA) is 72.4 Å². The molecule has 0 aliphatic heterocycles. The standard InChI is InChI=1S/C27H31N5O2S/c1-32(26-25-12-24(16-33-2)35-27(25)31-17-30-26)22-9-8-21(11-22)29-13-18-4-6-19(7-5-18)20-10-23(34-3)15-28-14-20/h4-7,10,12,14-15,17,21-22,29H,8-9,11,13,16H2,1-3H3/t21-,22+/m0/s1. The minimum atomic E-state index is 0.458. The van der Waals surface area contributed by atoms with Gasteiger partial charge in [0.05, 0.1) is 25.3 Å². The molecule has 1 N–H and O–H groups in total. The molecule has 182 valence electrons. The fraction of sp³-hybridized carbons (Fsp3) is 0.370. The molecule has 0 amide bonds. The molecule has 3 aromatic heterocycles. The fourth-order valence-electron chi connectivity index (χ4n) is 4.82. The van der Waals surface area contributed by atoms with E-state index in [4.69, 9.17) is 9.47 Å². The molecule has 0 spiro atoms. The van der Waals surface area contributed by atoms with Crippen molar-refractivity contribution in [2.75, 3.05) is 26.2 Å². The number of hydrogen-bond acceptors (Lipinski definition) is 8. The van der Waals surface area contributed by atoms with Crippen molar-refractivity contribution in [1.82, 2.24) is 20.3 Å². The van der Waals surface area contributed by atoms with Crippen molar-refractivity contribution in [3.63, 3.8) is 0 Å². The van der Waals surface area contributed by atoms with Gasteiger partial charge in [0.1, 0.15) is 22.7 Å². The van der Waals surface area contributed by atoms with Crippen molar-refractivity contribution in [3.05, 3.63) is 65.6 Å². The molecule has 5 rings (SSSR count). The van der Waals surface area contributed by atoms with E-state index in [0.29, 0.717) is 18.7 Å². The Balaban J connectivity index is 1.18. The fourth-order valence-corrected chi connectivity index (χ4v) is 5.78. The van der Waals surface area contributed by atoms with E-state index in [1.807, 2.05) is 12.3 Å². The van der Waals surface area contributed by atoms with E-state index in [0.717, 1.165) is 58.7 Å². The largest absolute Gasteiger partial charge is 0.495 e. The SMILES string of the molecule is COCc1cc2c(N(C)[C@@H]3CC[C@H](NCc4ccc(-c5cncc(OC)c5)cc4)C3)ncnc2s1. The van der Waals surface area contributed by atoms with Gasteiger partial charge in [-0.25, -0.2) is 9.97 Å². The van der Waals surface area contributed by atoms with E-state index in [1.165, 1.54) is 10.4 Å². The van der Waals surface area contributed by atoms with Crippen LogP contribution < -0.4 is 15.0 Å². The van der Waals surface area contributed by atoms with Crippen LogP contribution in [0.25, 0.3) is 21.3 Å². The van der Waals surface area contributed by atoms with E-state index in [9.17, 15) is 0 Å². The van der Waals surface area contributed by atoms with E-state index < -0.39 is 0 Å². The predicted molar refractivity (Wildman–Crippen MR) is 141 cm³/mol. The Morgan fingerprint density at radius 2 is 1.91 bits per heavy atom. The number of fused-ring (bicyclic) bond motifs is 1. The molecular weight excluding hydrogens is 458 g/mol. The van der Waals surface area contributed by atoms with Crippen LogP contribution in [0.5, 0.6) is 5.75 Å². The monoisotopic (exact) mass is 489 g/mol. The van der Waals surface area contributed by atoms with Crippen LogP contribution in [0.3, 0.4) is 0 Å². The highest BCUT2D eigenvalue weighted by atomic mass is 32.1. The molecule has 0 bridgehead atoms. The van der Waals surface area contributed by atoms with Gasteiger partial charge in [0.2, 0.25) is 0 Å². The Bertz CT molecular complexity index is 1280. The summed E-state index contributed by atoms with van der Waals surface area (Å²) in [6, 6.07) is 13.8. The van der Waals surface area contributed by atoms with Crippen molar-refractivity contribution in [3.8, 4) is 16.9 Å². The summed E-state index contributed by atoms with van der Waals surface area (Å²) >= 11 is 1.68. The zero-order chi connectivity index (χ0) is 24.2. The van der Waals surface area contributed by atoms with Gasteiger partial charge in [-0.3, -0.25) is 4.98 Å². The first kappa shape index (κ1) is 23.7. The molecule has 4 aromatic rings. The number of thiophene rings is 1. The number of rotatable bonds is 9. The van der Waals surface area contributed by atoms with Crippen molar-refractivity contribution >= 4 is 27.4 Å². The van der Waals surface area contributed by atoms with Gasteiger partial charge in [-0.05, 0) is 42.5 Å². The van der Waals surface area contributed by atoms with Crippen LogP contribution in [-0.4, -0.2) is 48.3 Å². The number of anilines is 1. The normalized spacial score (nSPS) is 17.7. The number of methoxy groups -OCH3 is 2. The second-order valence-corrected chi connectivity index (χ2v) is 10.1. The number of nitrogens with zero attached hydrogens (tertiary/aromatic N) is 4. The van der Waals surface area contributed by atoms with Crippen molar-refractivity contribution in [2.45, 2.75) is 44.5 Å². The number of ether oxygens (including phenoxy) is 2. The molecule has 1 fully saturated rings. The first-order valence-electron chi connectivity index (χ1n) is 11.9. The minimum Gasteiger partial charge on any atom is -0.495 e. The lowest BCUT2D eigenvalue weighted by molar-refractivity contribution is 0.187. The van der Waals surface area contributed by atoms with Gasteiger partial charge in [-0.2, -0.15) is 0 Å². The third-order valence-electron chi connectivity index (χ3n) is 6.76. The lowest BCUT2D eigenvalue weighted by atomic mass is 10.1. The maximum atomic E-state index is 5.31. The summed E-state index contributed by atoms with van der Waals surface area (Å²) < 4.78 is 10.6. The predicted octanol–water partition coefficient (Wildman–Crippen LogP) is 5.06. The van der Waals surface area contributed by atoms with Crippen molar-refractivity contribution < 1.29 is 9.47 Å². The van der Waals surface area contributed by atoms with E-state index in [-0.39, 0.29) is 0 Å². The first-order valence-corrected chi connectivity index (χ1v) is 12.7. The van der Waals surface area contributed by atoms with Crippen LogP contribution in [-0.2, 0) is 17.9 Å². The third-order valence-corrected chi connectivity index (χ3v) is 7.78. The number of aromatic nitrogens is 3. The summed E-state index contributed by atoms with van der Waals surface area (Å²) in [6.45, 7) is 1.47. The average Bonchev–Trinajstić information content (AvgIpc) is 3.54. The van der Waals surface area contributed by atoms with Gasteiger partial charge in [-0.15, -0.1) is 11.3 Å². The highest BCUT2D eigenvalue weighted by Gasteiger charge is 2.29. The number of pyridine rings is 1. The molecule has 35 heavy (non-hydrogen) atoms. The molecular formula is C27H31N5O2S. The zero-order valence-corrected chi connectivity index (χ0v) is 21.2. The van der Waals surface area contributed by atoms with Crippen LogP contribution >= 0.6 is 11.3 Å². The highest BCUT2D eigenvalue weighted by Crippen LogP contribution is 2.34. The molecule has 7 nitrogen and oxygen atoms in total. The van der Waals surface area contributed by atoms with Crippen molar-refractivity contribution in [1.29, 1.82) is 0 Å². The Morgan fingerprint density at radius 3 is 2.71 bits per heavy atom. The molecule has 8 heteroatoms. The van der Waals surface area contributed by atoms with Gasteiger partial charge in [-0.1, -0.05) is 24.3 Å². The molecule has 0 saturated heterocycles. The second kappa shape index (κ2) is 10.7. The van der Waals surface area contributed by atoms with E-state index in [2.05, 4.69) is 62.5 Å². The summed E-state index contributed by atoms with van der Waals surface area (Å²) in [6.07, 6.45) is 8.68. The Hall–Kier alpha value is -3.07. The lowest BCUT2D eigenvalue weighted by Gasteiger charge is -2.26. The van der Waals surface area contributed by atoms with Crippen molar-refractivity contribution in [2.24, 2.45) is 0 Å². The van der Waals surface area contributed by atoms with Gasteiger partial charge in [0.25, 0.3) is 0 Å². The van der Waals surface area contributed by atoms with Gasteiger partial charge < -0.3 is 19.7 Å². The Kier molecular flexibility index (Phi) is 7.22. The molecule has 1 aromatic carbocycles. The Labute approximate surface area is 210 Å². The van der Waals surface area contributed by atoms with Crippen LogP contribution in [0.15, 0.2) is 55.1 Å². The summed E-state index contributed by atoms with van der Waals surface area (Å²) in [5, 5.41) is 4.88. The average molecular weight is 490 g/mol. The zero-order valence-electron chi connectivity index (χ0n) is 20.4. The van der Waals surface area contributed by atoms with Crippen LogP contribution in [0.4, 0.5) is 5.82 Å². The first-order chi connectivity index (χ1) is 17.1. The summed E-state index contributed by atoms with van der Waals surface area (Å²) in [4.78, 5) is 17.9.